The number of allylic oxidation sites excluding steroid dienone is 1. The highest BCUT2D eigenvalue weighted by Crippen LogP contribution is 2.36. The minimum atomic E-state index is 0.414. The molecule has 2 heteroatoms. The Labute approximate surface area is 149 Å². The van der Waals surface area contributed by atoms with Crippen molar-refractivity contribution in [3.8, 4) is 5.69 Å². The maximum Gasteiger partial charge on any atom is 0.0540 e. The average Bonchev–Trinajstić information content (AvgIpc) is 2.95. The van der Waals surface area contributed by atoms with Gasteiger partial charge in [-0.15, -0.1) is 0 Å². The van der Waals surface area contributed by atoms with Crippen LogP contribution >= 0.6 is 15.9 Å². The predicted octanol–water partition coefficient (Wildman–Crippen LogP) is 6.12. The molecule has 0 amide bonds. The van der Waals surface area contributed by atoms with E-state index in [1.54, 1.807) is 0 Å². The van der Waals surface area contributed by atoms with Gasteiger partial charge in [-0.2, -0.15) is 0 Å². The second-order valence-corrected chi connectivity index (χ2v) is 7.47. The zero-order valence-electron chi connectivity index (χ0n) is 13.1. The van der Waals surface area contributed by atoms with Gasteiger partial charge in [0.1, 0.15) is 0 Å². The minimum absolute atomic E-state index is 0.414. The van der Waals surface area contributed by atoms with Crippen LogP contribution in [0.5, 0.6) is 0 Å². The van der Waals surface area contributed by atoms with E-state index in [-0.39, 0.29) is 0 Å². The number of alkyl halides is 1. The van der Waals surface area contributed by atoms with Gasteiger partial charge in [-0.25, -0.2) is 0 Å². The topological polar surface area (TPSA) is 4.93 Å². The molecule has 1 aromatic heterocycles. The van der Waals surface area contributed by atoms with Crippen molar-refractivity contribution in [3.63, 3.8) is 0 Å². The van der Waals surface area contributed by atoms with E-state index in [1.165, 1.54) is 38.6 Å². The van der Waals surface area contributed by atoms with Crippen molar-refractivity contribution in [1.82, 2.24) is 4.57 Å². The summed E-state index contributed by atoms with van der Waals surface area (Å²) in [4.78, 5) is 0.414. The van der Waals surface area contributed by atoms with Gasteiger partial charge in [-0.05, 0) is 35.6 Å². The molecule has 1 heterocycles. The van der Waals surface area contributed by atoms with E-state index in [9.17, 15) is 0 Å². The van der Waals surface area contributed by atoms with Gasteiger partial charge in [0, 0.05) is 21.3 Å². The number of halogens is 1. The molecule has 4 aromatic rings. The van der Waals surface area contributed by atoms with Crippen molar-refractivity contribution in [2.45, 2.75) is 11.2 Å². The largest absolute Gasteiger partial charge is 0.309 e. The summed E-state index contributed by atoms with van der Waals surface area (Å²) in [5, 5.41) is 3.92. The Balaban J connectivity index is 1.93. The van der Waals surface area contributed by atoms with Crippen LogP contribution in [0.3, 0.4) is 0 Å². The molecule has 1 nitrogen and oxygen atoms in total. The molecule has 0 fully saturated rings. The first kappa shape index (κ1) is 14.1. The van der Waals surface area contributed by atoms with Gasteiger partial charge >= 0.3 is 0 Å². The van der Waals surface area contributed by atoms with Crippen molar-refractivity contribution in [2.24, 2.45) is 0 Å². The number of benzene rings is 3. The van der Waals surface area contributed by atoms with Crippen molar-refractivity contribution < 1.29 is 0 Å². The van der Waals surface area contributed by atoms with Crippen LogP contribution in [0.15, 0.2) is 72.8 Å². The molecule has 0 spiro atoms. The fraction of sp³-hybridized carbons (Fsp3) is 0.0909. The molecule has 0 radical (unpaired) electrons. The number of nitrogens with zero attached hydrogens (tertiary/aromatic N) is 1. The zero-order valence-corrected chi connectivity index (χ0v) is 14.7. The highest BCUT2D eigenvalue weighted by atomic mass is 79.9. The van der Waals surface area contributed by atoms with Gasteiger partial charge in [-0.3, -0.25) is 0 Å². The lowest BCUT2D eigenvalue weighted by atomic mass is 10.0. The number of hydrogen-bond donors (Lipinski definition) is 0. The van der Waals surface area contributed by atoms with Crippen molar-refractivity contribution in [1.29, 1.82) is 0 Å². The van der Waals surface area contributed by atoms with E-state index in [1.807, 2.05) is 0 Å². The molecule has 3 aromatic carbocycles. The quantitative estimate of drug-likeness (QED) is 0.354. The van der Waals surface area contributed by atoms with E-state index < -0.39 is 0 Å². The Morgan fingerprint density at radius 3 is 2.50 bits per heavy atom. The minimum Gasteiger partial charge on any atom is -0.309 e. The third-order valence-corrected chi connectivity index (χ3v) is 5.52. The Morgan fingerprint density at radius 2 is 1.58 bits per heavy atom. The summed E-state index contributed by atoms with van der Waals surface area (Å²) in [6.45, 7) is 0. The second-order valence-electron chi connectivity index (χ2n) is 6.29. The van der Waals surface area contributed by atoms with Crippen LogP contribution in [0.2, 0.25) is 0 Å². The molecule has 5 rings (SSSR count). The van der Waals surface area contributed by atoms with Gasteiger partial charge in [-0.1, -0.05) is 76.6 Å². The van der Waals surface area contributed by atoms with Crippen molar-refractivity contribution >= 4 is 43.7 Å². The second kappa shape index (κ2) is 5.35. The number of hydrogen-bond acceptors (Lipinski definition) is 0. The molecule has 0 saturated carbocycles. The Kier molecular flexibility index (Phi) is 3.14. The summed E-state index contributed by atoms with van der Waals surface area (Å²) in [5.41, 5.74) is 5.28. The zero-order chi connectivity index (χ0) is 16.1. The summed E-state index contributed by atoms with van der Waals surface area (Å²) in [7, 11) is 0. The molecule has 1 aliphatic rings. The summed E-state index contributed by atoms with van der Waals surface area (Å²) < 4.78 is 2.42. The van der Waals surface area contributed by atoms with E-state index in [4.69, 9.17) is 0 Å². The monoisotopic (exact) mass is 373 g/mol. The van der Waals surface area contributed by atoms with Crippen LogP contribution in [0.4, 0.5) is 0 Å². The summed E-state index contributed by atoms with van der Waals surface area (Å²) in [5.74, 6) is 0. The van der Waals surface area contributed by atoms with Gasteiger partial charge in [0.15, 0.2) is 0 Å². The molecule has 0 bridgehead atoms. The number of para-hydroxylation sites is 1. The first-order valence-corrected chi connectivity index (χ1v) is 9.17. The van der Waals surface area contributed by atoms with Crippen molar-refractivity contribution in [2.75, 3.05) is 0 Å². The molecule has 1 atom stereocenters. The Morgan fingerprint density at radius 1 is 0.833 bits per heavy atom. The predicted molar refractivity (Wildman–Crippen MR) is 106 cm³/mol. The maximum absolute atomic E-state index is 3.75. The highest BCUT2D eigenvalue weighted by Gasteiger charge is 2.21. The summed E-state index contributed by atoms with van der Waals surface area (Å²) in [6.07, 6.45) is 5.55. The van der Waals surface area contributed by atoms with Crippen LogP contribution in [0.25, 0.3) is 33.4 Å². The fourth-order valence-corrected chi connectivity index (χ4v) is 4.31. The Bertz CT molecular complexity index is 1100. The SMILES string of the molecule is BrC1C=Cc2c(c3ccccc3n2-c2cccc3ccccc23)C1. The van der Waals surface area contributed by atoms with Gasteiger partial charge < -0.3 is 4.57 Å². The van der Waals surface area contributed by atoms with E-state index in [2.05, 4.69) is 99.4 Å². The van der Waals surface area contributed by atoms with Crippen LogP contribution in [-0.2, 0) is 6.42 Å². The van der Waals surface area contributed by atoms with Crippen LogP contribution in [0.1, 0.15) is 11.3 Å². The van der Waals surface area contributed by atoms with Crippen LogP contribution in [-0.4, -0.2) is 9.39 Å². The smallest absolute Gasteiger partial charge is 0.0540 e. The third kappa shape index (κ3) is 1.99. The highest BCUT2D eigenvalue weighted by molar-refractivity contribution is 9.09. The standard InChI is InChI=1S/C22H16BrN/c23-16-12-13-22-19(14-16)18-9-3-4-10-21(18)24(22)20-11-5-7-15-6-1-2-8-17(15)20/h1-13,16H,14H2. The third-order valence-electron chi connectivity index (χ3n) is 4.89. The van der Waals surface area contributed by atoms with Gasteiger partial charge in [0.2, 0.25) is 0 Å². The lowest BCUT2D eigenvalue weighted by Crippen LogP contribution is -2.07. The molecule has 1 aliphatic carbocycles. The maximum atomic E-state index is 3.75. The van der Waals surface area contributed by atoms with E-state index in [0.29, 0.717) is 4.83 Å². The molecule has 1 unspecified atom stereocenters. The fourth-order valence-electron chi connectivity index (χ4n) is 3.84. The molecular weight excluding hydrogens is 358 g/mol. The summed E-state index contributed by atoms with van der Waals surface area (Å²) in [6, 6.07) is 23.9. The van der Waals surface area contributed by atoms with E-state index in [0.717, 1.165) is 6.42 Å². The van der Waals surface area contributed by atoms with Crippen LogP contribution < -0.4 is 0 Å². The molecular formula is C22H16BrN. The molecule has 0 aliphatic heterocycles. The first-order chi connectivity index (χ1) is 11.8. The molecule has 0 saturated heterocycles. The average molecular weight is 374 g/mol. The Hall–Kier alpha value is -2.32. The lowest BCUT2D eigenvalue weighted by molar-refractivity contribution is 0.995. The molecule has 0 N–H and O–H groups in total. The lowest BCUT2D eigenvalue weighted by Gasteiger charge is -2.16. The number of fused-ring (bicyclic) bond motifs is 4. The van der Waals surface area contributed by atoms with Crippen LogP contribution in [0, 0.1) is 0 Å². The van der Waals surface area contributed by atoms with Gasteiger partial charge in [0.25, 0.3) is 0 Å². The first-order valence-electron chi connectivity index (χ1n) is 8.25. The number of rotatable bonds is 1. The number of aromatic nitrogens is 1. The van der Waals surface area contributed by atoms with Crippen molar-refractivity contribution in [3.05, 3.63) is 84.1 Å². The summed E-state index contributed by atoms with van der Waals surface area (Å²) >= 11 is 3.75. The molecule has 24 heavy (non-hydrogen) atoms. The normalized spacial score (nSPS) is 16.6. The van der Waals surface area contributed by atoms with Gasteiger partial charge in [0.05, 0.1) is 11.2 Å². The molecule has 116 valence electrons. The van der Waals surface area contributed by atoms with E-state index >= 15 is 0 Å².